The van der Waals surface area contributed by atoms with Crippen molar-refractivity contribution in [3.8, 4) is 0 Å². The molecule has 0 amide bonds. The lowest BCUT2D eigenvalue weighted by molar-refractivity contribution is 0.565. The quantitative estimate of drug-likeness (QED) is 0.337. The number of benzene rings is 1. The van der Waals surface area contributed by atoms with Gasteiger partial charge < -0.3 is 0 Å². The number of hydrogen-bond donors (Lipinski definition) is 0. The minimum Gasteiger partial charge on any atom is -0.211 e. The van der Waals surface area contributed by atoms with Crippen LogP contribution in [0.3, 0.4) is 0 Å². The number of halogens is 3. The fourth-order valence-corrected chi connectivity index (χ4v) is 1.45. The molecule has 0 aliphatic heterocycles. The van der Waals surface area contributed by atoms with Gasteiger partial charge >= 0.3 is 0 Å². The Morgan fingerprint density at radius 1 is 1.33 bits per heavy atom. The van der Waals surface area contributed by atoms with Gasteiger partial charge in [-0.25, -0.2) is 4.79 Å². The van der Waals surface area contributed by atoms with Crippen LogP contribution in [0.25, 0.3) is 0 Å². The maximum atomic E-state index is 9.90. The Bertz CT molecular complexity index is 337. The van der Waals surface area contributed by atoms with E-state index in [0.717, 1.165) is 3.57 Å². The molecule has 0 aliphatic rings. The lowest BCUT2D eigenvalue weighted by Gasteiger charge is -1.99. The van der Waals surface area contributed by atoms with Crippen molar-refractivity contribution in [3.05, 3.63) is 25.7 Å². The van der Waals surface area contributed by atoms with Crippen LogP contribution in [0, 0.1) is 3.57 Å². The van der Waals surface area contributed by atoms with Crippen LogP contribution in [0.1, 0.15) is 0 Å². The van der Waals surface area contributed by atoms with E-state index in [4.69, 9.17) is 23.2 Å². The van der Waals surface area contributed by atoms with E-state index >= 15 is 0 Å². The van der Waals surface area contributed by atoms with Crippen molar-refractivity contribution in [1.82, 2.24) is 0 Å². The predicted octanol–water partition coefficient (Wildman–Crippen LogP) is 3.57. The van der Waals surface area contributed by atoms with E-state index in [1.807, 2.05) is 22.6 Å². The smallest absolute Gasteiger partial charge is 0.211 e. The van der Waals surface area contributed by atoms with E-state index in [0.29, 0.717) is 15.7 Å². The summed E-state index contributed by atoms with van der Waals surface area (Å²) in [4.78, 5) is 13.3. The summed E-state index contributed by atoms with van der Waals surface area (Å²) in [5, 5.41) is 0.967. The zero-order valence-electron chi connectivity index (χ0n) is 5.64. The minimum atomic E-state index is 0.417. The lowest BCUT2D eigenvalue weighted by Crippen LogP contribution is -1.76. The SMILES string of the molecule is O=C=Nc1cc(Cl)c(I)c(Cl)c1. The van der Waals surface area contributed by atoms with Gasteiger partial charge in [0.25, 0.3) is 0 Å². The third-order valence-electron chi connectivity index (χ3n) is 1.14. The van der Waals surface area contributed by atoms with Crippen molar-refractivity contribution in [2.24, 2.45) is 4.99 Å². The second kappa shape index (κ2) is 4.23. The van der Waals surface area contributed by atoms with Crippen molar-refractivity contribution in [3.63, 3.8) is 0 Å². The Kier molecular flexibility index (Phi) is 3.53. The predicted molar refractivity (Wildman–Crippen MR) is 57.0 cm³/mol. The van der Waals surface area contributed by atoms with E-state index in [1.54, 1.807) is 12.1 Å². The van der Waals surface area contributed by atoms with Crippen molar-refractivity contribution >= 4 is 57.6 Å². The average molecular weight is 314 g/mol. The molecule has 1 aromatic rings. The number of carbonyl (C=O) groups excluding carboxylic acids is 1. The van der Waals surface area contributed by atoms with Crippen molar-refractivity contribution in [1.29, 1.82) is 0 Å². The molecule has 0 heterocycles. The summed E-state index contributed by atoms with van der Waals surface area (Å²) in [6.07, 6.45) is 1.41. The average Bonchev–Trinajstić information content (AvgIpc) is 2.01. The molecule has 1 aromatic carbocycles. The standard InChI is InChI=1S/C7H2Cl2INO/c8-5-1-4(11-3-12)2-6(9)7(5)10/h1-2H. The molecule has 1 rings (SSSR count). The largest absolute Gasteiger partial charge is 0.240 e. The zero-order valence-corrected chi connectivity index (χ0v) is 9.31. The summed E-state index contributed by atoms with van der Waals surface area (Å²) >= 11 is 13.6. The molecule has 0 radical (unpaired) electrons. The van der Waals surface area contributed by atoms with Gasteiger partial charge in [0.1, 0.15) is 0 Å². The lowest BCUT2D eigenvalue weighted by atomic mass is 10.3. The normalized spacial score (nSPS) is 9.25. The van der Waals surface area contributed by atoms with Crippen LogP contribution in [0.2, 0.25) is 10.0 Å². The van der Waals surface area contributed by atoms with Crippen LogP contribution >= 0.6 is 45.8 Å². The summed E-state index contributed by atoms with van der Waals surface area (Å²) < 4.78 is 0.751. The first-order chi connectivity index (χ1) is 5.65. The van der Waals surface area contributed by atoms with Gasteiger partial charge in [0.15, 0.2) is 0 Å². The maximum Gasteiger partial charge on any atom is 0.240 e. The van der Waals surface area contributed by atoms with E-state index in [2.05, 4.69) is 4.99 Å². The van der Waals surface area contributed by atoms with Gasteiger partial charge in [-0.2, -0.15) is 4.99 Å². The summed E-state index contributed by atoms with van der Waals surface area (Å²) in [5.74, 6) is 0. The number of aliphatic imine (C=N–C) groups is 1. The van der Waals surface area contributed by atoms with E-state index < -0.39 is 0 Å². The Morgan fingerprint density at radius 2 is 1.83 bits per heavy atom. The molecular weight excluding hydrogens is 312 g/mol. The third kappa shape index (κ3) is 2.20. The third-order valence-corrected chi connectivity index (χ3v) is 3.54. The van der Waals surface area contributed by atoms with Crippen LogP contribution in [0.15, 0.2) is 17.1 Å². The molecule has 0 aliphatic carbocycles. The van der Waals surface area contributed by atoms with Gasteiger partial charge in [-0.05, 0) is 34.7 Å². The van der Waals surface area contributed by atoms with Gasteiger partial charge in [0.2, 0.25) is 6.08 Å². The molecule has 0 atom stereocenters. The molecule has 0 fully saturated rings. The van der Waals surface area contributed by atoms with E-state index in [-0.39, 0.29) is 0 Å². The highest BCUT2D eigenvalue weighted by Gasteiger charge is 2.03. The Labute approximate surface area is 92.7 Å². The van der Waals surface area contributed by atoms with E-state index in [1.165, 1.54) is 6.08 Å². The molecule has 0 N–H and O–H groups in total. The molecule has 12 heavy (non-hydrogen) atoms. The maximum absolute atomic E-state index is 9.90. The van der Waals surface area contributed by atoms with Gasteiger partial charge in [0.05, 0.1) is 19.3 Å². The van der Waals surface area contributed by atoms with Crippen LogP contribution in [-0.2, 0) is 4.79 Å². The number of rotatable bonds is 1. The highest BCUT2D eigenvalue weighted by molar-refractivity contribution is 14.1. The van der Waals surface area contributed by atoms with E-state index in [9.17, 15) is 4.79 Å². The van der Waals surface area contributed by atoms with Crippen LogP contribution < -0.4 is 0 Å². The summed E-state index contributed by atoms with van der Waals surface area (Å²) in [6, 6.07) is 3.11. The zero-order chi connectivity index (χ0) is 9.14. The van der Waals surface area contributed by atoms with Crippen molar-refractivity contribution in [2.75, 3.05) is 0 Å². The van der Waals surface area contributed by atoms with Gasteiger partial charge in [-0.1, -0.05) is 23.2 Å². The molecule has 2 nitrogen and oxygen atoms in total. The van der Waals surface area contributed by atoms with Crippen molar-refractivity contribution < 1.29 is 4.79 Å². The number of isocyanates is 1. The number of hydrogen-bond acceptors (Lipinski definition) is 2. The fourth-order valence-electron chi connectivity index (χ4n) is 0.659. The van der Waals surface area contributed by atoms with Crippen molar-refractivity contribution in [2.45, 2.75) is 0 Å². The molecule has 0 bridgehead atoms. The first-order valence-electron chi connectivity index (χ1n) is 2.87. The van der Waals surface area contributed by atoms with Gasteiger partial charge in [-0.3, -0.25) is 0 Å². The van der Waals surface area contributed by atoms with Crippen LogP contribution in [0.5, 0.6) is 0 Å². The highest BCUT2D eigenvalue weighted by Crippen LogP contribution is 2.31. The summed E-state index contributed by atoms with van der Waals surface area (Å²) in [5.41, 5.74) is 0.417. The second-order valence-corrected chi connectivity index (χ2v) is 3.82. The molecule has 0 saturated carbocycles. The minimum absolute atomic E-state index is 0.417. The first-order valence-corrected chi connectivity index (χ1v) is 4.71. The Morgan fingerprint density at radius 3 is 2.25 bits per heavy atom. The van der Waals surface area contributed by atoms with Crippen LogP contribution in [0.4, 0.5) is 5.69 Å². The molecule has 0 unspecified atom stereocenters. The van der Waals surface area contributed by atoms with Crippen LogP contribution in [-0.4, -0.2) is 6.08 Å². The van der Waals surface area contributed by atoms with Gasteiger partial charge in [0, 0.05) is 0 Å². The Balaban J connectivity index is 3.30. The molecule has 5 heteroatoms. The molecule has 0 aromatic heterocycles. The number of nitrogens with zero attached hydrogens (tertiary/aromatic N) is 1. The molecular formula is C7H2Cl2INO. The molecule has 62 valence electrons. The Hall–Kier alpha value is -0.0900. The first kappa shape index (κ1) is 9.99. The summed E-state index contributed by atoms with van der Waals surface area (Å²) in [7, 11) is 0. The fraction of sp³-hybridized carbons (Fsp3) is 0. The van der Waals surface area contributed by atoms with Gasteiger partial charge in [-0.15, -0.1) is 0 Å². The highest BCUT2D eigenvalue weighted by atomic mass is 127. The monoisotopic (exact) mass is 313 g/mol. The summed E-state index contributed by atoms with van der Waals surface area (Å²) in [6.45, 7) is 0. The molecule has 0 saturated heterocycles. The second-order valence-electron chi connectivity index (χ2n) is 1.93. The molecule has 0 spiro atoms. The topological polar surface area (TPSA) is 29.4 Å².